The van der Waals surface area contributed by atoms with Crippen LogP contribution in [0.25, 0.3) is 0 Å². The Morgan fingerprint density at radius 1 is 1.56 bits per heavy atom. The SMILES string of the molecule is CCNc1nnc(C(=O)NCC2CCC(=O)N2)s1. The fraction of sp³-hybridized carbons (Fsp3) is 0.600. The van der Waals surface area contributed by atoms with Gasteiger partial charge in [0.15, 0.2) is 0 Å². The van der Waals surface area contributed by atoms with Crippen LogP contribution in [0.3, 0.4) is 0 Å². The third-order valence-electron chi connectivity index (χ3n) is 2.54. The van der Waals surface area contributed by atoms with Crippen LogP contribution in [0.2, 0.25) is 0 Å². The van der Waals surface area contributed by atoms with Gasteiger partial charge in [-0.2, -0.15) is 0 Å². The molecule has 1 atom stereocenters. The molecule has 1 aliphatic heterocycles. The van der Waals surface area contributed by atoms with Gasteiger partial charge < -0.3 is 16.0 Å². The minimum Gasteiger partial charge on any atom is -0.360 e. The topological polar surface area (TPSA) is 96.0 Å². The van der Waals surface area contributed by atoms with Gasteiger partial charge >= 0.3 is 0 Å². The average molecular weight is 269 g/mol. The Balaban J connectivity index is 1.81. The van der Waals surface area contributed by atoms with Crippen molar-refractivity contribution >= 4 is 28.3 Å². The van der Waals surface area contributed by atoms with E-state index in [1.54, 1.807) is 0 Å². The third-order valence-corrected chi connectivity index (χ3v) is 3.42. The first kappa shape index (κ1) is 12.7. The maximum Gasteiger partial charge on any atom is 0.282 e. The quantitative estimate of drug-likeness (QED) is 0.698. The zero-order chi connectivity index (χ0) is 13.0. The molecule has 0 spiro atoms. The van der Waals surface area contributed by atoms with Crippen LogP contribution in [0.15, 0.2) is 0 Å². The molecule has 3 N–H and O–H groups in total. The van der Waals surface area contributed by atoms with E-state index in [-0.39, 0.29) is 17.9 Å². The fourth-order valence-electron chi connectivity index (χ4n) is 1.66. The summed E-state index contributed by atoms with van der Waals surface area (Å²) in [6.07, 6.45) is 1.29. The molecule has 2 heterocycles. The lowest BCUT2D eigenvalue weighted by Crippen LogP contribution is -2.38. The van der Waals surface area contributed by atoms with E-state index < -0.39 is 0 Å². The molecule has 8 heteroatoms. The number of amides is 2. The summed E-state index contributed by atoms with van der Waals surface area (Å²) < 4.78 is 0. The van der Waals surface area contributed by atoms with Gasteiger partial charge in [-0.25, -0.2) is 0 Å². The Hall–Kier alpha value is -1.70. The average Bonchev–Trinajstić information content (AvgIpc) is 2.96. The third kappa shape index (κ3) is 3.16. The van der Waals surface area contributed by atoms with Crippen LogP contribution in [-0.4, -0.2) is 41.1 Å². The number of aromatic nitrogens is 2. The minimum absolute atomic E-state index is 0.0302. The van der Waals surface area contributed by atoms with E-state index in [0.717, 1.165) is 13.0 Å². The highest BCUT2D eigenvalue weighted by Gasteiger charge is 2.21. The van der Waals surface area contributed by atoms with Gasteiger partial charge in [0.25, 0.3) is 5.91 Å². The smallest absolute Gasteiger partial charge is 0.282 e. The summed E-state index contributed by atoms with van der Waals surface area (Å²) in [7, 11) is 0. The van der Waals surface area contributed by atoms with Gasteiger partial charge in [-0.05, 0) is 13.3 Å². The van der Waals surface area contributed by atoms with Crippen molar-refractivity contribution < 1.29 is 9.59 Å². The van der Waals surface area contributed by atoms with Crippen LogP contribution in [0, 0.1) is 0 Å². The van der Waals surface area contributed by atoms with Crippen LogP contribution in [0.1, 0.15) is 29.6 Å². The highest BCUT2D eigenvalue weighted by atomic mass is 32.1. The monoisotopic (exact) mass is 269 g/mol. The molecule has 0 aromatic carbocycles. The molecule has 0 saturated carbocycles. The first-order valence-corrected chi connectivity index (χ1v) is 6.65. The lowest BCUT2D eigenvalue weighted by Gasteiger charge is -2.09. The molecule has 1 aromatic heterocycles. The zero-order valence-electron chi connectivity index (χ0n) is 10.0. The molecule has 0 bridgehead atoms. The van der Waals surface area contributed by atoms with Crippen LogP contribution in [0.5, 0.6) is 0 Å². The second-order valence-corrected chi connectivity index (χ2v) is 4.93. The molecule has 2 rings (SSSR count). The summed E-state index contributed by atoms with van der Waals surface area (Å²) in [5, 5.41) is 17.1. The molecule has 7 nitrogen and oxygen atoms in total. The molecule has 0 aliphatic carbocycles. The Labute approximate surface area is 108 Å². The lowest BCUT2D eigenvalue weighted by molar-refractivity contribution is -0.119. The summed E-state index contributed by atoms with van der Waals surface area (Å²) in [6.45, 7) is 3.12. The largest absolute Gasteiger partial charge is 0.360 e. The first-order chi connectivity index (χ1) is 8.69. The number of nitrogens with one attached hydrogen (secondary N) is 3. The zero-order valence-corrected chi connectivity index (χ0v) is 10.8. The molecule has 1 aromatic rings. The van der Waals surface area contributed by atoms with Crippen LogP contribution < -0.4 is 16.0 Å². The van der Waals surface area contributed by atoms with Crippen molar-refractivity contribution in [3.63, 3.8) is 0 Å². The number of rotatable bonds is 5. The van der Waals surface area contributed by atoms with E-state index in [4.69, 9.17) is 0 Å². The normalized spacial score (nSPS) is 18.5. The van der Waals surface area contributed by atoms with Crippen molar-refractivity contribution in [2.75, 3.05) is 18.4 Å². The predicted octanol–water partition coefficient (Wildman–Crippen LogP) is -0.0217. The molecule has 1 fully saturated rings. The van der Waals surface area contributed by atoms with Crippen molar-refractivity contribution in [2.45, 2.75) is 25.8 Å². The standard InChI is InChI=1S/C10H15N5O2S/c1-2-11-10-15-14-9(18-10)8(17)12-5-6-3-4-7(16)13-6/h6H,2-5H2,1H3,(H,11,15)(H,12,17)(H,13,16). The van der Waals surface area contributed by atoms with E-state index >= 15 is 0 Å². The van der Waals surface area contributed by atoms with E-state index in [1.165, 1.54) is 11.3 Å². The Morgan fingerprint density at radius 3 is 3.06 bits per heavy atom. The van der Waals surface area contributed by atoms with Crippen molar-refractivity contribution in [3.8, 4) is 0 Å². The van der Waals surface area contributed by atoms with Gasteiger partial charge in [0.2, 0.25) is 16.0 Å². The van der Waals surface area contributed by atoms with Gasteiger partial charge in [0.1, 0.15) is 0 Å². The van der Waals surface area contributed by atoms with Gasteiger partial charge in [-0.3, -0.25) is 9.59 Å². The molecular formula is C10H15N5O2S. The molecule has 1 saturated heterocycles. The second kappa shape index (κ2) is 5.76. The number of hydrogen-bond acceptors (Lipinski definition) is 6. The lowest BCUT2D eigenvalue weighted by atomic mass is 10.2. The molecule has 1 aliphatic rings. The summed E-state index contributed by atoms with van der Waals surface area (Å²) >= 11 is 1.22. The summed E-state index contributed by atoms with van der Waals surface area (Å²) in [6, 6.07) is 0.0302. The van der Waals surface area contributed by atoms with Gasteiger partial charge in [-0.1, -0.05) is 11.3 Å². The number of carbonyl (C=O) groups excluding carboxylic acids is 2. The maximum atomic E-state index is 11.8. The summed E-state index contributed by atoms with van der Waals surface area (Å²) in [5.74, 6) is -0.211. The highest BCUT2D eigenvalue weighted by Crippen LogP contribution is 2.14. The Kier molecular flexibility index (Phi) is 4.08. The second-order valence-electron chi connectivity index (χ2n) is 3.96. The minimum atomic E-state index is -0.252. The van der Waals surface area contributed by atoms with E-state index in [2.05, 4.69) is 26.1 Å². The van der Waals surface area contributed by atoms with Crippen molar-refractivity contribution in [3.05, 3.63) is 5.01 Å². The molecule has 2 amide bonds. The van der Waals surface area contributed by atoms with Crippen LogP contribution in [-0.2, 0) is 4.79 Å². The first-order valence-electron chi connectivity index (χ1n) is 5.84. The number of carbonyl (C=O) groups is 2. The van der Waals surface area contributed by atoms with Crippen LogP contribution in [0.4, 0.5) is 5.13 Å². The van der Waals surface area contributed by atoms with Gasteiger partial charge in [-0.15, -0.1) is 10.2 Å². The summed E-state index contributed by atoms with van der Waals surface area (Å²) in [5.41, 5.74) is 0. The van der Waals surface area contributed by atoms with Crippen molar-refractivity contribution in [1.29, 1.82) is 0 Å². The van der Waals surface area contributed by atoms with E-state index in [9.17, 15) is 9.59 Å². The molecular weight excluding hydrogens is 254 g/mol. The predicted molar refractivity (Wildman–Crippen MR) is 67.6 cm³/mol. The maximum absolute atomic E-state index is 11.8. The Morgan fingerprint density at radius 2 is 2.39 bits per heavy atom. The highest BCUT2D eigenvalue weighted by molar-refractivity contribution is 7.17. The Bertz CT molecular complexity index is 447. The van der Waals surface area contributed by atoms with Crippen molar-refractivity contribution in [2.24, 2.45) is 0 Å². The van der Waals surface area contributed by atoms with E-state index in [1.807, 2.05) is 6.92 Å². The van der Waals surface area contributed by atoms with Crippen molar-refractivity contribution in [1.82, 2.24) is 20.8 Å². The van der Waals surface area contributed by atoms with Gasteiger partial charge in [0.05, 0.1) is 0 Å². The van der Waals surface area contributed by atoms with Gasteiger partial charge in [0, 0.05) is 25.6 Å². The molecule has 1 unspecified atom stereocenters. The molecule has 0 radical (unpaired) electrons. The fourth-order valence-corrected chi connectivity index (χ4v) is 2.39. The number of hydrogen-bond donors (Lipinski definition) is 3. The molecule has 98 valence electrons. The number of anilines is 1. The van der Waals surface area contributed by atoms with Crippen LogP contribution >= 0.6 is 11.3 Å². The molecule has 18 heavy (non-hydrogen) atoms. The summed E-state index contributed by atoms with van der Waals surface area (Å²) in [4.78, 5) is 22.7. The number of nitrogens with zero attached hydrogens (tertiary/aromatic N) is 2. The van der Waals surface area contributed by atoms with E-state index in [0.29, 0.717) is 23.1 Å².